The SMILES string of the molecule is CCOc1ccc(-c2ccc(C3CCC(C=O)CC3)cc2)c(F)c1F. The molecule has 0 unspecified atom stereocenters. The van der Waals surface area contributed by atoms with Gasteiger partial charge in [0.25, 0.3) is 0 Å². The molecule has 2 aromatic rings. The minimum atomic E-state index is -0.949. The highest BCUT2D eigenvalue weighted by Gasteiger charge is 2.22. The van der Waals surface area contributed by atoms with E-state index in [1.165, 1.54) is 11.6 Å². The van der Waals surface area contributed by atoms with Crippen molar-refractivity contribution in [3.8, 4) is 16.9 Å². The van der Waals surface area contributed by atoms with Crippen molar-refractivity contribution in [3.63, 3.8) is 0 Å². The molecule has 1 saturated carbocycles. The Balaban J connectivity index is 1.79. The summed E-state index contributed by atoms with van der Waals surface area (Å²) in [7, 11) is 0. The monoisotopic (exact) mass is 344 g/mol. The summed E-state index contributed by atoms with van der Waals surface area (Å²) in [5.41, 5.74) is 2.07. The summed E-state index contributed by atoms with van der Waals surface area (Å²) < 4.78 is 33.5. The van der Waals surface area contributed by atoms with Crippen molar-refractivity contribution in [2.75, 3.05) is 6.61 Å². The summed E-state index contributed by atoms with van der Waals surface area (Å²) in [5.74, 6) is -1.27. The summed E-state index contributed by atoms with van der Waals surface area (Å²) in [6, 6.07) is 10.6. The third-order valence-corrected chi connectivity index (χ3v) is 5.00. The molecule has 0 spiro atoms. The van der Waals surface area contributed by atoms with Gasteiger partial charge in [-0.2, -0.15) is 4.39 Å². The van der Waals surface area contributed by atoms with Gasteiger partial charge in [-0.25, -0.2) is 4.39 Å². The van der Waals surface area contributed by atoms with E-state index < -0.39 is 11.6 Å². The lowest BCUT2D eigenvalue weighted by atomic mass is 9.79. The molecule has 0 N–H and O–H groups in total. The molecule has 0 amide bonds. The number of hydrogen-bond acceptors (Lipinski definition) is 2. The molecular weight excluding hydrogens is 322 g/mol. The number of hydrogen-bond donors (Lipinski definition) is 0. The van der Waals surface area contributed by atoms with Crippen LogP contribution in [-0.2, 0) is 4.79 Å². The topological polar surface area (TPSA) is 26.3 Å². The van der Waals surface area contributed by atoms with Crippen LogP contribution in [0.15, 0.2) is 36.4 Å². The van der Waals surface area contributed by atoms with Crippen molar-refractivity contribution in [2.45, 2.75) is 38.5 Å². The van der Waals surface area contributed by atoms with E-state index in [0.29, 0.717) is 11.5 Å². The predicted octanol–water partition coefficient (Wildman–Crippen LogP) is 5.50. The Hall–Kier alpha value is -2.23. The van der Waals surface area contributed by atoms with Crippen molar-refractivity contribution in [2.24, 2.45) is 5.92 Å². The highest BCUT2D eigenvalue weighted by molar-refractivity contribution is 5.65. The predicted molar refractivity (Wildman–Crippen MR) is 93.7 cm³/mol. The maximum Gasteiger partial charge on any atom is 0.201 e. The number of carbonyl (C=O) groups is 1. The van der Waals surface area contributed by atoms with Gasteiger partial charge < -0.3 is 9.53 Å². The third kappa shape index (κ3) is 3.73. The van der Waals surface area contributed by atoms with Crippen LogP contribution in [-0.4, -0.2) is 12.9 Å². The Morgan fingerprint density at radius 2 is 1.68 bits per heavy atom. The van der Waals surface area contributed by atoms with Gasteiger partial charge in [0, 0.05) is 11.5 Å². The lowest BCUT2D eigenvalue weighted by molar-refractivity contribution is -0.111. The van der Waals surface area contributed by atoms with E-state index in [9.17, 15) is 13.6 Å². The molecule has 0 saturated heterocycles. The van der Waals surface area contributed by atoms with E-state index in [-0.39, 0.29) is 23.8 Å². The largest absolute Gasteiger partial charge is 0.491 e. The van der Waals surface area contributed by atoms with Crippen molar-refractivity contribution >= 4 is 6.29 Å². The van der Waals surface area contributed by atoms with Crippen molar-refractivity contribution < 1.29 is 18.3 Å². The smallest absolute Gasteiger partial charge is 0.201 e. The maximum atomic E-state index is 14.3. The normalized spacial score (nSPS) is 20.3. The fourth-order valence-corrected chi connectivity index (χ4v) is 3.55. The second-order valence-corrected chi connectivity index (χ2v) is 6.54. The van der Waals surface area contributed by atoms with E-state index >= 15 is 0 Å². The first-order valence-corrected chi connectivity index (χ1v) is 8.80. The number of rotatable bonds is 5. The van der Waals surface area contributed by atoms with E-state index in [1.807, 2.05) is 24.3 Å². The summed E-state index contributed by atoms with van der Waals surface area (Å²) in [5, 5.41) is 0. The molecule has 0 radical (unpaired) electrons. The summed E-state index contributed by atoms with van der Waals surface area (Å²) >= 11 is 0. The van der Waals surface area contributed by atoms with Crippen LogP contribution in [0.25, 0.3) is 11.1 Å². The first-order chi connectivity index (χ1) is 12.1. The van der Waals surface area contributed by atoms with E-state index in [0.717, 1.165) is 32.0 Å². The van der Waals surface area contributed by atoms with Crippen LogP contribution in [0.5, 0.6) is 5.75 Å². The molecule has 132 valence electrons. The van der Waals surface area contributed by atoms with Crippen LogP contribution >= 0.6 is 0 Å². The zero-order valence-corrected chi connectivity index (χ0v) is 14.3. The molecule has 0 heterocycles. The Kier molecular flexibility index (Phi) is 5.47. The van der Waals surface area contributed by atoms with Crippen molar-refractivity contribution in [1.82, 2.24) is 0 Å². The standard InChI is InChI=1S/C21H22F2O2/c1-2-25-19-12-11-18(20(22)21(19)23)17-9-7-16(8-10-17)15-5-3-14(13-24)4-6-15/h7-15H,2-6H2,1H3. The van der Waals surface area contributed by atoms with Gasteiger partial charge in [-0.3, -0.25) is 0 Å². The van der Waals surface area contributed by atoms with Crippen LogP contribution in [0, 0.1) is 17.6 Å². The zero-order valence-electron chi connectivity index (χ0n) is 14.3. The van der Waals surface area contributed by atoms with Crippen LogP contribution in [0.1, 0.15) is 44.1 Å². The number of aldehydes is 1. The summed E-state index contributed by atoms with van der Waals surface area (Å²) in [6.45, 7) is 2.02. The molecule has 0 aromatic heterocycles. The van der Waals surface area contributed by atoms with Gasteiger partial charge >= 0.3 is 0 Å². The van der Waals surface area contributed by atoms with Gasteiger partial charge in [0.2, 0.25) is 5.82 Å². The Labute approximate surface area is 146 Å². The average Bonchev–Trinajstić information content (AvgIpc) is 2.66. The highest BCUT2D eigenvalue weighted by Crippen LogP contribution is 2.36. The number of carbonyl (C=O) groups excluding carboxylic acids is 1. The maximum absolute atomic E-state index is 14.3. The molecule has 1 aliphatic rings. The first-order valence-electron chi connectivity index (χ1n) is 8.80. The minimum Gasteiger partial charge on any atom is -0.491 e. The Morgan fingerprint density at radius 3 is 2.28 bits per heavy atom. The highest BCUT2D eigenvalue weighted by atomic mass is 19.2. The number of benzene rings is 2. The molecule has 2 aromatic carbocycles. The van der Waals surface area contributed by atoms with Crippen molar-refractivity contribution in [3.05, 3.63) is 53.6 Å². The number of halogens is 2. The van der Waals surface area contributed by atoms with Crippen LogP contribution in [0.4, 0.5) is 8.78 Å². The summed E-state index contributed by atoms with van der Waals surface area (Å²) in [6.07, 6.45) is 4.90. The molecule has 0 aliphatic heterocycles. The second-order valence-electron chi connectivity index (χ2n) is 6.54. The zero-order chi connectivity index (χ0) is 17.8. The van der Waals surface area contributed by atoms with E-state index in [1.54, 1.807) is 13.0 Å². The Bertz CT molecular complexity index is 732. The van der Waals surface area contributed by atoms with Gasteiger partial charge in [-0.15, -0.1) is 0 Å². The van der Waals surface area contributed by atoms with Gasteiger partial charge in [-0.1, -0.05) is 24.3 Å². The lowest BCUT2D eigenvalue weighted by Gasteiger charge is -2.25. The second kappa shape index (κ2) is 7.77. The fourth-order valence-electron chi connectivity index (χ4n) is 3.55. The molecule has 0 atom stereocenters. The molecule has 4 heteroatoms. The lowest BCUT2D eigenvalue weighted by Crippen LogP contribution is -2.14. The van der Waals surface area contributed by atoms with Crippen LogP contribution < -0.4 is 4.74 Å². The van der Waals surface area contributed by atoms with Gasteiger partial charge in [-0.05, 0) is 61.8 Å². The quantitative estimate of drug-likeness (QED) is 0.669. The molecular formula is C21H22F2O2. The minimum absolute atomic E-state index is 0.0627. The van der Waals surface area contributed by atoms with Gasteiger partial charge in [0.1, 0.15) is 6.29 Å². The molecule has 3 rings (SSSR count). The first kappa shape index (κ1) is 17.6. The average molecular weight is 344 g/mol. The third-order valence-electron chi connectivity index (χ3n) is 5.00. The van der Waals surface area contributed by atoms with Gasteiger partial charge in [0.15, 0.2) is 11.6 Å². The van der Waals surface area contributed by atoms with Gasteiger partial charge in [0.05, 0.1) is 6.61 Å². The molecule has 1 aliphatic carbocycles. The fraction of sp³-hybridized carbons (Fsp3) is 0.381. The van der Waals surface area contributed by atoms with Crippen molar-refractivity contribution in [1.29, 1.82) is 0 Å². The molecule has 2 nitrogen and oxygen atoms in total. The summed E-state index contributed by atoms with van der Waals surface area (Å²) in [4.78, 5) is 10.9. The number of ether oxygens (including phenoxy) is 1. The van der Waals surface area contributed by atoms with Crippen LogP contribution in [0.2, 0.25) is 0 Å². The molecule has 1 fully saturated rings. The molecule has 0 bridgehead atoms. The molecule has 25 heavy (non-hydrogen) atoms. The van der Waals surface area contributed by atoms with E-state index in [2.05, 4.69) is 0 Å². The van der Waals surface area contributed by atoms with Crippen LogP contribution in [0.3, 0.4) is 0 Å². The van der Waals surface area contributed by atoms with E-state index in [4.69, 9.17) is 4.74 Å². The Morgan fingerprint density at radius 1 is 1.00 bits per heavy atom.